The summed E-state index contributed by atoms with van der Waals surface area (Å²) in [4.78, 5) is 0. The predicted molar refractivity (Wildman–Crippen MR) is 123 cm³/mol. The molecular weight excluding hydrogens is 450 g/mol. The molecule has 1 unspecified atom stereocenters. The number of halogens is 1. The minimum Gasteiger partial charge on any atom is -0.497 e. The number of ether oxygens (including phenoxy) is 4. The van der Waals surface area contributed by atoms with Crippen LogP contribution in [-0.4, -0.2) is 47.8 Å². The summed E-state index contributed by atoms with van der Waals surface area (Å²) >= 11 is 8.03. The van der Waals surface area contributed by atoms with Crippen LogP contribution < -0.4 is 14.2 Å². The molecule has 3 heterocycles. The van der Waals surface area contributed by atoms with Gasteiger partial charge in [0.25, 0.3) is 0 Å². The molecule has 2 aliphatic rings. The highest BCUT2D eigenvalue weighted by atomic mass is 35.5. The number of benzene rings is 2. The highest BCUT2D eigenvalue weighted by molar-refractivity contribution is 7.98. The number of thioether (sulfide) groups is 1. The smallest absolute Gasteiger partial charge is 0.191 e. The molecule has 7 nitrogen and oxygen atoms in total. The van der Waals surface area contributed by atoms with Crippen molar-refractivity contribution in [2.45, 2.75) is 36.4 Å². The lowest BCUT2D eigenvalue weighted by Crippen LogP contribution is -2.16. The van der Waals surface area contributed by atoms with Crippen LogP contribution in [0.15, 0.2) is 41.6 Å². The van der Waals surface area contributed by atoms with Crippen LogP contribution in [0.3, 0.4) is 0 Å². The van der Waals surface area contributed by atoms with Crippen LogP contribution in [0.25, 0.3) is 11.4 Å². The van der Waals surface area contributed by atoms with Gasteiger partial charge in [-0.25, -0.2) is 0 Å². The molecule has 0 saturated carbocycles. The summed E-state index contributed by atoms with van der Waals surface area (Å²) < 4.78 is 24.7. The molecule has 2 aromatic carbocycles. The molecular formula is C23H24ClN3O4S. The zero-order valence-electron chi connectivity index (χ0n) is 17.8. The maximum absolute atomic E-state index is 6.41. The second kappa shape index (κ2) is 9.60. The summed E-state index contributed by atoms with van der Waals surface area (Å²) in [6.07, 6.45) is 2.30. The Balaban J connectivity index is 1.40. The van der Waals surface area contributed by atoms with Gasteiger partial charge in [0.2, 0.25) is 0 Å². The minimum atomic E-state index is 0.172. The van der Waals surface area contributed by atoms with Crippen LogP contribution in [0.5, 0.6) is 17.2 Å². The van der Waals surface area contributed by atoms with Gasteiger partial charge in [0.1, 0.15) is 19.0 Å². The summed E-state index contributed by atoms with van der Waals surface area (Å²) in [5.41, 5.74) is 2.03. The largest absolute Gasteiger partial charge is 0.497 e. The van der Waals surface area contributed by atoms with Crippen molar-refractivity contribution in [2.24, 2.45) is 0 Å². The fourth-order valence-corrected chi connectivity index (χ4v) is 5.07. The Hall–Kier alpha value is -2.42. The van der Waals surface area contributed by atoms with Crippen molar-refractivity contribution in [1.82, 2.24) is 14.8 Å². The summed E-state index contributed by atoms with van der Waals surface area (Å²) in [6, 6.07) is 11.8. The molecule has 0 N–H and O–H groups in total. The fourth-order valence-electron chi connectivity index (χ4n) is 3.90. The second-order valence-corrected chi connectivity index (χ2v) is 9.02. The topological polar surface area (TPSA) is 67.6 Å². The molecule has 1 fully saturated rings. The first-order chi connectivity index (χ1) is 15.7. The number of rotatable bonds is 7. The van der Waals surface area contributed by atoms with Gasteiger partial charge in [-0.15, -0.1) is 10.2 Å². The van der Waals surface area contributed by atoms with Crippen LogP contribution in [0.1, 0.15) is 18.4 Å². The Bertz CT molecular complexity index is 1080. The molecule has 2 aliphatic heterocycles. The van der Waals surface area contributed by atoms with E-state index in [0.717, 1.165) is 53.9 Å². The van der Waals surface area contributed by atoms with Crippen LogP contribution in [0.4, 0.5) is 0 Å². The van der Waals surface area contributed by atoms with E-state index in [-0.39, 0.29) is 6.10 Å². The van der Waals surface area contributed by atoms with E-state index in [9.17, 15) is 0 Å². The summed E-state index contributed by atoms with van der Waals surface area (Å²) in [6.45, 7) is 2.57. The minimum absolute atomic E-state index is 0.172. The molecule has 0 bridgehead atoms. The van der Waals surface area contributed by atoms with Gasteiger partial charge in [-0.1, -0.05) is 23.4 Å². The van der Waals surface area contributed by atoms with Gasteiger partial charge in [0.15, 0.2) is 22.5 Å². The molecule has 0 aliphatic carbocycles. The van der Waals surface area contributed by atoms with E-state index in [2.05, 4.69) is 14.8 Å². The Morgan fingerprint density at radius 3 is 2.75 bits per heavy atom. The van der Waals surface area contributed by atoms with Crippen LogP contribution in [-0.2, 0) is 17.0 Å². The first-order valence-electron chi connectivity index (χ1n) is 10.6. The van der Waals surface area contributed by atoms with Crippen molar-refractivity contribution in [1.29, 1.82) is 0 Å². The molecule has 1 aromatic heterocycles. The van der Waals surface area contributed by atoms with Crippen molar-refractivity contribution >= 4 is 23.4 Å². The second-order valence-electron chi connectivity index (χ2n) is 7.67. The molecule has 0 radical (unpaired) electrons. The summed E-state index contributed by atoms with van der Waals surface area (Å²) in [7, 11) is 1.66. The van der Waals surface area contributed by atoms with Crippen LogP contribution >= 0.6 is 23.4 Å². The Morgan fingerprint density at radius 2 is 1.97 bits per heavy atom. The van der Waals surface area contributed by atoms with Gasteiger partial charge in [-0.05, 0) is 54.8 Å². The number of methoxy groups -OCH3 is 1. The molecule has 32 heavy (non-hydrogen) atoms. The monoisotopic (exact) mass is 473 g/mol. The average molecular weight is 474 g/mol. The third-order valence-electron chi connectivity index (χ3n) is 5.50. The van der Waals surface area contributed by atoms with Crippen molar-refractivity contribution < 1.29 is 18.9 Å². The zero-order valence-corrected chi connectivity index (χ0v) is 19.3. The molecule has 0 spiro atoms. The molecule has 9 heteroatoms. The SMILES string of the molecule is COc1ccc(-c2nnc(SCc3cc(Cl)c4c(c3)OCCO4)n2CC2CCCO2)cc1. The molecule has 3 aromatic rings. The Morgan fingerprint density at radius 1 is 1.12 bits per heavy atom. The zero-order chi connectivity index (χ0) is 21.9. The number of nitrogens with zero attached hydrogens (tertiary/aromatic N) is 3. The molecule has 1 saturated heterocycles. The maximum Gasteiger partial charge on any atom is 0.191 e. The number of fused-ring (bicyclic) bond motifs is 1. The maximum atomic E-state index is 6.41. The lowest BCUT2D eigenvalue weighted by molar-refractivity contribution is 0.0953. The van der Waals surface area contributed by atoms with E-state index < -0.39 is 0 Å². The third-order valence-corrected chi connectivity index (χ3v) is 6.82. The van der Waals surface area contributed by atoms with Crippen molar-refractivity contribution in [3.05, 3.63) is 47.0 Å². The predicted octanol–water partition coefficient (Wildman–Crippen LogP) is 4.85. The van der Waals surface area contributed by atoms with Gasteiger partial charge in [-0.3, -0.25) is 4.57 Å². The third kappa shape index (κ3) is 4.53. The van der Waals surface area contributed by atoms with Gasteiger partial charge < -0.3 is 18.9 Å². The van der Waals surface area contributed by atoms with Crippen LogP contribution in [0.2, 0.25) is 5.02 Å². The van der Waals surface area contributed by atoms with E-state index in [1.807, 2.05) is 36.4 Å². The van der Waals surface area contributed by atoms with Crippen LogP contribution in [0, 0.1) is 0 Å². The van der Waals surface area contributed by atoms with Crippen molar-refractivity contribution in [3.8, 4) is 28.6 Å². The van der Waals surface area contributed by atoms with Gasteiger partial charge in [0.05, 0.1) is 24.8 Å². The van der Waals surface area contributed by atoms with E-state index in [1.165, 1.54) is 0 Å². The van der Waals surface area contributed by atoms with E-state index in [0.29, 0.717) is 35.5 Å². The van der Waals surface area contributed by atoms with Crippen molar-refractivity contribution in [3.63, 3.8) is 0 Å². The first kappa shape index (κ1) is 21.4. The molecule has 168 valence electrons. The van der Waals surface area contributed by atoms with E-state index >= 15 is 0 Å². The highest BCUT2D eigenvalue weighted by Gasteiger charge is 2.22. The highest BCUT2D eigenvalue weighted by Crippen LogP contribution is 2.39. The molecule has 0 amide bonds. The number of hydrogen-bond acceptors (Lipinski definition) is 7. The van der Waals surface area contributed by atoms with Gasteiger partial charge in [0, 0.05) is 17.9 Å². The quantitative estimate of drug-likeness (QED) is 0.454. The summed E-state index contributed by atoms with van der Waals surface area (Å²) in [5.74, 6) is 3.63. The molecule has 5 rings (SSSR count). The van der Waals surface area contributed by atoms with E-state index in [4.69, 9.17) is 30.5 Å². The number of hydrogen-bond donors (Lipinski definition) is 0. The normalized spacial score (nSPS) is 17.5. The van der Waals surface area contributed by atoms with Crippen molar-refractivity contribution in [2.75, 3.05) is 26.9 Å². The first-order valence-corrected chi connectivity index (χ1v) is 12.0. The standard InChI is InChI=1S/C23H24ClN3O4S/c1-28-17-6-4-16(5-7-17)22-25-26-23(27(22)13-18-3-2-8-29-18)32-14-15-11-19(24)21-20(12-15)30-9-10-31-21/h4-7,11-12,18H,2-3,8-10,13-14H2,1H3. The summed E-state index contributed by atoms with van der Waals surface area (Å²) in [5, 5.41) is 10.4. The van der Waals surface area contributed by atoms with Gasteiger partial charge in [-0.2, -0.15) is 0 Å². The number of aromatic nitrogens is 3. The average Bonchev–Trinajstić information content (AvgIpc) is 3.48. The van der Waals surface area contributed by atoms with E-state index in [1.54, 1.807) is 18.9 Å². The lowest BCUT2D eigenvalue weighted by atomic mass is 10.2. The fraction of sp³-hybridized carbons (Fsp3) is 0.391. The lowest BCUT2D eigenvalue weighted by Gasteiger charge is -2.20. The Kier molecular flexibility index (Phi) is 6.43. The Labute approximate surface area is 196 Å². The molecule has 1 atom stereocenters. The van der Waals surface area contributed by atoms with Gasteiger partial charge >= 0.3 is 0 Å².